The molecule has 3 rings (SSSR count). The minimum atomic E-state index is -0.200. The lowest BCUT2D eigenvalue weighted by Gasteiger charge is -2.06. The number of carbonyl (C=O) groups is 1. The second-order valence-corrected chi connectivity index (χ2v) is 6.98. The van der Waals surface area contributed by atoms with E-state index in [0.29, 0.717) is 21.6 Å². The maximum absolute atomic E-state index is 12.1. The van der Waals surface area contributed by atoms with E-state index < -0.39 is 0 Å². The van der Waals surface area contributed by atoms with Gasteiger partial charge in [-0.2, -0.15) is 5.10 Å². The molecule has 0 aliphatic rings. The Morgan fingerprint density at radius 3 is 2.76 bits per heavy atom. The summed E-state index contributed by atoms with van der Waals surface area (Å²) in [7, 11) is 1.58. The molecule has 2 aromatic carbocycles. The number of aromatic nitrogens is 3. The van der Waals surface area contributed by atoms with Crippen LogP contribution >= 0.6 is 23.4 Å². The van der Waals surface area contributed by atoms with Gasteiger partial charge < -0.3 is 15.9 Å². The van der Waals surface area contributed by atoms with E-state index in [-0.39, 0.29) is 17.6 Å². The van der Waals surface area contributed by atoms with Crippen molar-refractivity contribution in [3.05, 3.63) is 59.1 Å². The minimum absolute atomic E-state index is 0.115. The highest BCUT2D eigenvalue weighted by atomic mass is 35.5. The lowest BCUT2D eigenvalue weighted by Crippen LogP contribution is -2.16. The Morgan fingerprint density at radius 1 is 1.28 bits per heavy atom. The van der Waals surface area contributed by atoms with Crippen molar-refractivity contribution in [2.75, 3.05) is 29.4 Å². The van der Waals surface area contributed by atoms with Gasteiger partial charge in [-0.3, -0.25) is 4.79 Å². The van der Waals surface area contributed by atoms with Crippen LogP contribution in [-0.4, -0.2) is 39.9 Å². The first-order valence-corrected chi connectivity index (χ1v) is 9.74. The van der Waals surface area contributed by atoms with Gasteiger partial charge in [0.05, 0.1) is 19.1 Å². The standard InChI is InChI=1S/C18H18ClN7O2S/c1-28-14-8-6-13(7-9-14)22-16(27)11-29-18-25-24-17(26(18)20)23-21-10-12-4-2-3-5-15(12)19/h2-10H,11,20H2,1H3,(H,22,27)(H,23,24)/b21-10+. The molecule has 0 aliphatic heterocycles. The molecule has 0 atom stereocenters. The topological polar surface area (TPSA) is 119 Å². The number of thioether (sulfide) groups is 1. The van der Waals surface area contributed by atoms with E-state index in [0.717, 1.165) is 17.3 Å². The van der Waals surface area contributed by atoms with E-state index in [4.69, 9.17) is 22.2 Å². The van der Waals surface area contributed by atoms with Crippen molar-refractivity contribution < 1.29 is 9.53 Å². The molecule has 1 aromatic heterocycles. The summed E-state index contributed by atoms with van der Waals surface area (Å²) in [6.45, 7) is 0. The molecule has 11 heteroatoms. The Balaban J connectivity index is 1.52. The van der Waals surface area contributed by atoms with Crippen LogP contribution in [0.5, 0.6) is 5.75 Å². The van der Waals surface area contributed by atoms with Crippen LogP contribution in [0.25, 0.3) is 0 Å². The van der Waals surface area contributed by atoms with Crippen molar-refractivity contribution in [3.63, 3.8) is 0 Å². The molecule has 0 fully saturated rings. The van der Waals surface area contributed by atoms with E-state index in [1.165, 1.54) is 4.68 Å². The van der Waals surface area contributed by atoms with Crippen molar-refractivity contribution >= 4 is 47.1 Å². The highest BCUT2D eigenvalue weighted by Crippen LogP contribution is 2.19. The van der Waals surface area contributed by atoms with Crippen LogP contribution in [0.15, 0.2) is 58.8 Å². The Labute approximate surface area is 176 Å². The molecular formula is C18H18ClN7O2S. The summed E-state index contributed by atoms with van der Waals surface area (Å²) in [5.74, 6) is 6.80. The number of nitrogens with two attached hydrogens (primary N) is 1. The molecule has 1 amide bonds. The second kappa shape index (κ2) is 9.80. The van der Waals surface area contributed by atoms with Gasteiger partial charge in [0.25, 0.3) is 5.95 Å². The lowest BCUT2D eigenvalue weighted by molar-refractivity contribution is -0.113. The molecule has 9 nitrogen and oxygen atoms in total. The third-order valence-corrected chi connectivity index (χ3v) is 4.93. The van der Waals surface area contributed by atoms with Crippen LogP contribution in [-0.2, 0) is 4.79 Å². The molecule has 0 bridgehead atoms. The van der Waals surface area contributed by atoms with Gasteiger partial charge in [0.15, 0.2) is 0 Å². The van der Waals surface area contributed by atoms with Gasteiger partial charge >= 0.3 is 0 Å². The van der Waals surface area contributed by atoms with Gasteiger partial charge in [-0.1, -0.05) is 41.6 Å². The number of amides is 1. The molecule has 29 heavy (non-hydrogen) atoms. The number of rotatable bonds is 8. The van der Waals surface area contributed by atoms with Crippen molar-refractivity contribution in [1.82, 2.24) is 14.9 Å². The Bertz CT molecular complexity index is 1010. The van der Waals surface area contributed by atoms with E-state index in [2.05, 4.69) is 26.0 Å². The van der Waals surface area contributed by atoms with Crippen molar-refractivity contribution in [3.8, 4) is 5.75 Å². The number of hydrazone groups is 1. The summed E-state index contributed by atoms with van der Waals surface area (Å²) in [5, 5.41) is 15.6. The number of ether oxygens (including phenoxy) is 1. The first-order chi connectivity index (χ1) is 14.1. The number of halogens is 1. The molecule has 0 spiro atoms. The van der Waals surface area contributed by atoms with Crippen molar-refractivity contribution in [2.45, 2.75) is 5.16 Å². The first-order valence-electron chi connectivity index (χ1n) is 8.37. The van der Waals surface area contributed by atoms with Gasteiger partial charge in [-0.05, 0) is 30.3 Å². The highest BCUT2D eigenvalue weighted by Gasteiger charge is 2.12. The molecule has 4 N–H and O–H groups in total. The number of nitrogens with one attached hydrogen (secondary N) is 2. The Hall–Kier alpha value is -3.24. The predicted octanol–water partition coefficient (Wildman–Crippen LogP) is 2.83. The number of carbonyl (C=O) groups excluding carboxylic acids is 1. The van der Waals surface area contributed by atoms with Crippen LogP contribution in [0.3, 0.4) is 0 Å². The number of hydrogen-bond acceptors (Lipinski definition) is 8. The molecule has 1 heterocycles. The molecule has 0 unspecified atom stereocenters. The molecule has 150 valence electrons. The van der Waals surface area contributed by atoms with E-state index in [1.807, 2.05) is 18.2 Å². The average molecular weight is 432 g/mol. The third kappa shape index (κ3) is 5.62. The normalized spacial score (nSPS) is 10.8. The van der Waals surface area contributed by atoms with Gasteiger partial charge in [-0.25, -0.2) is 10.1 Å². The fourth-order valence-electron chi connectivity index (χ4n) is 2.19. The summed E-state index contributed by atoms with van der Waals surface area (Å²) in [5.41, 5.74) is 4.11. The van der Waals surface area contributed by atoms with Gasteiger partial charge in [-0.15, -0.1) is 10.2 Å². The Kier molecular flexibility index (Phi) is 6.93. The number of nitrogens with zero attached hydrogens (tertiary/aromatic N) is 4. The molecule has 0 radical (unpaired) electrons. The van der Waals surface area contributed by atoms with E-state index >= 15 is 0 Å². The number of methoxy groups -OCH3 is 1. The summed E-state index contributed by atoms with van der Waals surface area (Å²) in [6.07, 6.45) is 1.55. The molecular weight excluding hydrogens is 414 g/mol. The minimum Gasteiger partial charge on any atom is -0.497 e. The Morgan fingerprint density at radius 2 is 2.03 bits per heavy atom. The maximum Gasteiger partial charge on any atom is 0.264 e. The van der Waals surface area contributed by atoms with Gasteiger partial charge in [0.1, 0.15) is 5.75 Å². The smallest absolute Gasteiger partial charge is 0.264 e. The summed E-state index contributed by atoms with van der Waals surface area (Å²) >= 11 is 7.21. The second-order valence-electron chi connectivity index (χ2n) is 5.63. The summed E-state index contributed by atoms with van der Waals surface area (Å²) < 4.78 is 6.30. The largest absolute Gasteiger partial charge is 0.497 e. The summed E-state index contributed by atoms with van der Waals surface area (Å²) in [4.78, 5) is 12.1. The monoisotopic (exact) mass is 431 g/mol. The van der Waals surface area contributed by atoms with Crippen LogP contribution in [0.2, 0.25) is 5.02 Å². The molecule has 3 aromatic rings. The predicted molar refractivity (Wildman–Crippen MR) is 115 cm³/mol. The van der Waals surface area contributed by atoms with Gasteiger partial charge in [0.2, 0.25) is 11.1 Å². The van der Waals surface area contributed by atoms with E-state index in [1.54, 1.807) is 43.7 Å². The number of hydrogen-bond donors (Lipinski definition) is 3. The molecule has 0 saturated carbocycles. The van der Waals surface area contributed by atoms with E-state index in [9.17, 15) is 4.79 Å². The van der Waals surface area contributed by atoms with Gasteiger partial charge in [0, 0.05) is 16.3 Å². The first kappa shape index (κ1) is 20.5. The highest BCUT2D eigenvalue weighted by molar-refractivity contribution is 7.99. The van der Waals surface area contributed by atoms with Crippen molar-refractivity contribution in [2.24, 2.45) is 5.10 Å². The maximum atomic E-state index is 12.1. The number of benzene rings is 2. The quantitative estimate of drug-likeness (QED) is 0.217. The molecule has 0 saturated heterocycles. The van der Waals surface area contributed by atoms with Crippen molar-refractivity contribution in [1.29, 1.82) is 0 Å². The zero-order valence-corrected chi connectivity index (χ0v) is 16.9. The fourth-order valence-corrected chi connectivity index (χ4v) is 3.03. The fraction of sp³-hybridized carbons (Fsp3) is 0.111. The zero-order valence-electron chi connectivity index (χ0n) is 15.4. The SMILES string of the molecule is COc1ccc(NC(=O)CSc2nnc(N/N=C/c3ccccc3Cl)n2N)cc1. The average Bonchev–Trinajstić information content (AvgIpc) is 3.08. The van der Waals surface area contributed by atoms with Crippen LogP contribution in [0.4, 0.5) is 11.6 Å². The molecule has 0 aliphatic carbocycles. The summed E-state index contributed by atoms with van der Waals surface area (Å²) in [6, 6.07) is 14.3. The zero-order chi connectivity index (χ0) is 20.6. The number of nitrogen functional groups attached to an aromatic ring is 1. The van der Waals surface area contributed by atoms with Crippen LogP contribution < -0.4 is 21.3 Å². The third-order valence-electron chi connectivity index (χ3n) is 3.64. The number of anilines is 2. The van der Waals surface area contributed by atoms with Crippen LogP contribution in [0, 0.1) is 0 Å². The van der Waals surface area contributed by atoms with Crippen LogP contribution in [0.1, 0.15) is 5.56 Å². The lowest BCUT2D eigenvalue weighted by atomic mass is 10.2.